The minimum absolute atomic E-state index is 0.0317. The van der Waals surface area contributed by atoms with E-state index in [1.54, 1.807) is 18.6 Å². The van der Waals surface area contributed by atoms with Gasteiger partial charge in [0.2, 0.25) is 42.0 Å². The normalized spacial score (nSPS) is 14.4. The Labute approximate surface area is 121 Å². The molecule has 0 amide bonds. The van der Waals surface area contributed by atoms with Gasteiger partial charge in [-0.1, -0.05) is 0 Å². The molecule has 0 aliphatic carbocycles. The molecule has 1 aliphatic heterocycles. The van der Waals surface area contributed by atoms with Gasteiger partial charge >= 0.3 is 0 Å². The van der Waals surface area contributed by atoms with Gasteiger partial charge in [0.25, 0.3) is 5.62 Å². The van der Waals surface area contributed by atoms with Gasteiger partial charge in [0.05, 0.1) is 0 Å². The average Bonchev–Trinajstić information content (AvgIpc) is 2.47. The van der Waals surface area contributed by atoms with Crippen molar-refractivity contribution in [2.45, 2.75) is 0 Å². The van der Waals surface area contributed by atoms with Gasteiger partial charge < -0.3 is 0 Å². The highest BCUT2D eigenvalue weighted by atomic mass is 15.4. The zero-order chi connectivity index (χ0) is 15.5. The van der Waals surface area contributed by atoms with E-state index < -0.39 is 0 Å². The molecule has 104 valence electrons. The first kappa shape index (κ1) is 12.7. The quantitative estimate of drug-likeness (QED) is 0.410. The number of hydrogen-bond acceptors (Lipinski definition) is 10. The number of hydrogen-bond donors (Lipinski definition) is 3. The van der Waals surface area contributed by atoms with E-state index >= 15 is 0 Å². The second-order valence-corrected chi connectivity index (χ2v) is 3.61. The molecule has 0 fully saturated rings. The fourth-order valence-corrected chi connectivity index (χ4v) is 1.66. The van der Waals surface area contributed by atoms with Crippen molar-refractivity contribution >= 4 is 29.6 Å². The third-order valence-corrected chi connectivity index (χ3v) is 2.39. The molecule has 22 heavy (non-hydrogen) atoms. The van der Waals surface area contributed by atoms with Crippen molar-refractivity contribution in [2.24, 2.45) is 9.98 Å². The predicted molar refractivity (Wildman–Crippen MR) is 69.3 cm³/mol. The summed E-state index contributed by atoms with van der Waals surface area (Å²) < 4.78 is 1.37. The first-order chi connectivity index (χ1) is 10.7. The Morgan fingerprint density at radius 1 is 0.955 bits per heavy atom. The molecular formula is C9H3N13. The summed E-state index contributed by atoms with van der Waals surface area (Å²) in [5, 5.41) is 33.6. The summed E-state index contributed by atoms with van der Waals surface area (Å²) in [5.74, 6) is 0.444. The van der Waals surface area contributed by atoms with Crippen molar-refractivity contribution in [1.82, 2.24) is 24.3 Å². The molecule has 13 heteroatoms. The molecule has 2 aromatic heterocycles. The van der Waals surface area contributed by atoms with Crippen LogP contribution in [0.4, 0.5) is 17.8 Å². The average molecular weight is 293 g/mol. The highest BCUT2D eigenvalue weighted by Gasteiger charge is 2.20. The molecule has 0 atom stereocenters. The standard InChI is InChI=1S/C9H3N13/c10-1-13-4-16-7-18-5(14-2-11)20-9-21-6(15-3-12)19-8(17-4)22(7)9/h(H3,13,14,15,16,17,18,19,20,21). The zero-order valence-corrected chi connectivity index (χ0v) is 10.5. The van der Waals surface area contributed by atoms with Crippen LogP contribution in [0.25, 0.3) is 5.78 Å². The fraction of sp³-hybridized carbons (Fsp3) is 0. The van der Waals surface area contributed by atoms with Crippen LogP contribution in [0.5, 0.6) is 0 Å². The second-order valence-electron chi connectivity index (χ2n) is 3.61. The lowest BCUT2D eigenvalue weighted by molar-refractivity contribution is 0.889. The van der Waals surface area contributed by atoms with Crippen LogP contribution < -0.4 is 21.6 Å². The number of nitrogens with one attached hydrogen (secondary N) is 3. The van der Waals surface area contributed by atoms with Crippen LogP contribution in [0.2, 0.25) is 0 Å². The first-order valence-corrected chi connectivity index (χ1v) is 5.52. The smallest absolute Gasteiger partial charge is 0.266 e. The number of nitriles is 3. The molecule has 1 aliphatic rings. The van der Waals surface area contributed by atoms with E-state index in [9.17, 15) is 0 Å². The first-order valence-electron chi connectivity index (χ1n) is 5.52. The predicted octanol–water partition coefficient (Wildman–Crippen LogP) is -1.53. The molecule has 0 saturated heterocycles. The lowest BCUT2D eigenvalue weighted by Crippen LogP contribution is -2.34. The lowest BCUT2D eigenvalue weighted by Gasteiger charge is -2.19. The van der Waals surface area contributed by atoms with Crippen LogP contribution in [-0.2, 0) is 0 Å². The Morgan fingerprint density at radius 2 is 1.68 bits per heavy atom. The van der Waals surface area contributed by atoms with Gasteiger partial charge in [0.1, 0.15) is 0 Å². The van der Waals surface area contributed by atoms with Crippen molar-refractivity contribution < 1.29 is 0 Å². The molecule has 3 rings (SSSR count). The van der Waals surface area contributed by atoms with Crippen LogP contribution in [0.15, 0.2) is 9.98 Å². The highest BCUT2D eigenvalue weighted by Crippen LogP contribution is 2.17. The monoisotopic (exact) mass is 293 g/mol. The van der Waals surface area contributed by atoms with Crippen molar-refractivity contribution in [3.63, 3.8) is 0 Å². The Morgan fingerprint density at radius 3 is 2.36 bits per heavy atom. The Kier molecular flexibility index (Phi) is 2.88. The second kappa shape index (κ2) is 4.99. The number of aromatic nitrogens is 5. The molecule has 3 heterocycles. The van der Waals surface area contributed by atoms with Gasteiger partial charge in [-0.2, -0.15) is 35.7 Å². The van der Waals surface area contributed by atoms with Crippen LogP contribution in [0.1, 0.15) is 0 Å². The topological polar surface area (TPSA) is 188 Å². The van der Waals surface area contributed by atoms with Gasteiger partial charge in [-0.25, -0.2) is 4.40 Å². The van der Waals surface area contributed by atoms with E-state index in [1.807, 2.05) is 0 Å². The van der Waals surface area contributed by atoms with Crippen LogP contribution in [0, 0.1) is 34.4 Å². The number of aliphatic imine (C=N–C) groups is 1. The Bertz CT molecular complexity index is 992. The number of rotatable bonds is 1. The summed E-state index contributed by atoms with van der Waals surface area (Å²) in [4.78, 5) is 22.9. The van der Waals surface area contributed by atoms with Gasteiger partial charge in [-0.05, 0) is 0 Å². The zero-order valence-electron chi connectivity index (χ0n) is 10.5. The van der Waals surface area contributed by atoms with E-state index in [2.05, 4.69) is 45.9 Å². The van der Waals surface area contributed by atoms with Crippen molar-refractivity contribution in [2.75, 3.05) is 16.0 Å². The highest BCUT2D eigenvalue weighted by molar-refractivity contribution is 6.04. The summed E-state index contributed by atoms with van der Waals surface area (Å²) in [6.45, 7) is 0. The SMILES string of the molecule is N#CN=C1Nc2nc(NC#N)nc3nc(=NC#N)nc(n23)N1. The van der Waals surface area contributed by atoms with Gasteiger partial charge in [0.15, 0.2) is 6.19 Å². The minimum atomic E-state index is -0.143. The summed E-state index contributed by atoms with van der Waals surface area (Å²) in [6.07, 6.45) is 4.84. The molecule has 0 saturated carbocycles. The molecule has 0 unspecified atom stereocenters. The van der Waals surface area contributed by atoms with E-state index in [0.717, 1.165) is 0 Å². The minimum Gasteiger partial charge on any atom is -0.294 e. The fourth-order valence-electron chi connectivity index (χ4n) is 1.66. The summed E-state index contributed by atoms with van der Waals surface area (Å²) in [5.41, 5.74) is -0.143. The third-order valence-electron chi connectivity index (χ3n) is 2.39. The van der Waals surface area contributed by atoms with E-state index in [4.69, 9.17) is 15.8 Å². The van der Waals surface area contributed by atoms with E-state index in [0.29, 0.717) is 0 Å². The third kappa shape index (κ3) is 2.04. The lowest BCUT2D eigenvalue weighted by atomic mass is 10.6. The van der Waals surface area contributed by atoms with Crippen molar-refractivity contribution in [3.8, 4) is 18.6 Å². The Hall–Kier alpha value is -4.31. The maximum atomic E-state index is 8.66. The molecule has 3 N–H and O–H groups in total. The summed E-state index contributed by atoms with van der Waals surface area (Å²) in [6, 6.07) is 0. The van der Waals surface area contributed by atoms with Gasteiger partial charge in [0, 0.05) is 0 Å². The number of nitrogens with zero attached hydrogens (tertiary/aromatic N) is 10. The van der Waals surface area contributed by atoms with Gasteiger partial charge in [-0.15, -0.1) is 9.98 Å². The summed E-state index contributed by atoms with van der Waals surface area (Å²) >= 11 is 0. The molecule has 0 aromatic carbocycles. The number of anilines is 3. The maximum Gasteiger partial charge on any atom is 0.266 e. The summed E-state index contributed by atoms with van der Waals surface area (Å²) in [7, 11) is 0. The van der Waals surface area contributed by atoms with E-state index in [1.165, 1.54) is 4.40 Å². The van der Waals surface area contributed by atoms with Crippen molar-refractivity contribution in [3.05, 3.63) is 5.62 Å². The molecule has 0 radical (unpaired) electrons. The largest absolute Gasteiger partial charge is 0.294 e. The molecular weight excluding hydrogens is 290 g/mol. The van der Waals surface area contributed by atoms with Crippen LogP contribution in [0.3, 0.4) is 0 Å². The Balaban J connectivity index is 2.34. The van der Waals surface area contributed by atoms with E-state index in [-0.39, 0.29) is 35.2 Å². The van der Waals surface area contributed by atoms with Crippen molar-refractivity contribution in [1.29, 1.82) is 15.8 Å². The van der Waals surface area contributed by atoms with Crippen LogP contribution >= 0.6 is 0 Å². The maximum absolute atomic E-state index is 8.66. The molecule has 13 nitrogen and oxygen atoms in total. The van der Waals surface area contributed by atoms with Crippen LogP contribution in [-0.4, -0.2) is 30.3 Å². The molecule has 2 aromatic rings. The molecule has 0 spiro atoms. The van der Waals surface area contributed by atoms with Gasteiger partial charge in [-0.3, -0.25) is 16.0 Å². The molecule has 0 bridgehead atoms. The number of guanidine groups is 1.